The monoisotopic (exact) mass is 198 g/mol. The maximum absolute atomic E-state index is 5.52. The molecule has 0 radical (unpaired) electrons. The van der Waals surface area contributed by atoms with Gasteiger partial charge < -0.3 is 0 Å². The van der Waals surface area contributed by atoms with Crippen LogP contribution < -0.4 is 0 Å². The lowest BCUT2D eigenvalue weighted by molar-refractivity contribution is 1.09. The van der Waals surface area contributed by atoms with Gasteiger partial charge in [0.25, 0.3) is 0 Å². The minimum absolute atomic E-state index is 0.815. The Morgan fingerprint density at radius 3 is 2.40 bits per heavy atom. The Morgan fingerprint density at radius 2 is 1.80 bits per heavy atom. The molecular formula is C7H15ClS2. The lowest BCUT2D eigenvalue weighted by Crippen LogP contribution is -1.86. The Labute approximate surface area is 77.5 Å². The predicted octanol–water partition coefficient (Wildman–Crippen LogP) is 3.10. The van der Waals surface area contributed by atoms with Crippen LogP contribution in [0.25, 0.3) is 0 Å². The molecule has 0 rings (SSSR count). The van der Waals surface area contributed by atoms with Crippen LogP contribution in [0.15, 0.2) is 0 Å². The highest BCUT2D eigenvalue weighted by atomic mass is 35.5. The van der Waals surface area contributed by atoms with Gasteiger partial charge in [-0.3, -0.25) is 0 Å². The average molecular weight is 199 g/mol. The Hall–Kier alpha value is 0.990. The lowest BCUT2D eigenvalue weighted by Gasteiger charge is -1.97. The normalized spacial score (nSPS) is 10.2. The van der Waals surface area contributed by atoms with Gasteiger partial charge in [-0.25, -0.2) is 0 Å². The van der Waals surface area contributed by atoms with E-state index in [9.17, 15) is 0 Å². The summed E-state index contributed by atoms with van der Waals surface area (Å²) in [5.74, 6) is 4.65. The Bertz CT molecular complexity index is 51.6. The molecule has 0 aliphatic rings. The van der Waals surface area contributed by atoms with Gasteiger partial charge in [-0.1, -0.05) is 0 Å². The van der Waals surface area contributed by atoms with E-state index in [0.29, 0.717) is 0 Å². The van der Waals surface area contributed by atoms with Crippen molar-refractivity contribution in [2.75, 3.05) is 29.4 Å². The van der Waals surface area contributed by atoms with Crippen LogP contribution in [0, 0.1) is 0 Å². The van der Waals surface area contributed by atoms with E-state index < -0.39 is 0 Å². The molecule has 0 aromatic heterocycles. The molecule has 0 saturated carbocycles. The fourth-order valence-electron chi connectivity index (χ4n) is 0.564. The summed E-state index contributed by atoms with van der Waals surface area (Å²) in [7, 11) is 0. The number of rotatable bonds is 7. The highest BCUT2D eigenvalue weighted by Crippen LogP contribution is 2.07. The van der Waals surface area contributed by atoms with Gasteiger partial charge in [0.15, 0.2) is 0 Å². The molecule has 62 valence electrons. The van der Waals surface area contributed by atoms with Gasteiger partial charge in [-0.2, -0.15) is 23.5 Å². The minimum atomic E-state index is 0.815. The van der Waals surface area contributed by atoms with Crippen LogP contribution >= 0.6 is 35.1 Å². The Kier molecular flexibility index (Phi) is 11.0. The molecule has 3 heteroatoms. The van der Waals surface area contributed by atoms with Crippen molar-refractivity contribution >= 4 is 35.1 Å². The third kappa shape index (κ3) is 8.99. The van der Waals surface area contributed by atoms with E-state index in [0.717, 1.165) is 12.3 Å². The molecule has 0 heterocycles. The Balaban J connectivity index is 2.65. The zero-order valence-electron chi connectivity index (χ0n) is 6.44. The molecule has 0 saturated heterocycles. The van der Waals surface area contributed by atoms with E-state index in [-0.39, 0.29) is 0 Å². The first-order chi connectivity index (χ1) is 4.91. The summed E-state index contributed by atoms with van der Waals surface area (Å²) in [6, 6.07) is 0. The molecule has 0 aromatic rings. The molecule has 0 spiro atoms. The first kappa shape index (κ1) is 11.0. The van der Waals surface area contributed by atoms with E-state index in [2.05, 4.69) is 6.26 Å². The summed E-state index contributed by atoms with van der Waals surface area (Å²) < 4.78 is 0. The number of halogens is 1. The lowest BCUT2D eigenvalue weighted by atomic mass is 10.6. The van der Waals surface area contributed by atoms with Crippen molar-refractivity contribution in [3.8, 4) is 0 Å². The summed E-state index contributed by atoms with van der Waals surface area (Å²) in [5.41, 5.74) is 0. The fourth-order valence-corrected chi connectivity index (χ4v) is 2.37. The SMILES string of the molecule is CSCCCSCCCCl. The standard InChI is InChI=1S/C7H15ClS2/c1-9-5-3-7-10-6-2-4-8/h2-7H2,1H3. The third-order valence-corrected chi connectivity index (χ3v) is 3.18. The fraction of sp³-hybridized carbons (Fsp3) is 1.00. The van der Waals surface area contributed by atoms with Crippen LogP contribution in [0.4, 0.5) is 0 Å². The molecule has 0 nitrogen and oxygen atoms in total. The van der Waals surface area contributed by atoms with Gasteiger partial charge in [0.1, 0.15) is 0 Å². The number of hydrogen-bond acceptors (Lipinski definition) is 2. The van der Waals surface area contributed by atoms with E-state index in [4.69, 9.17) is 11.6 Å². The predicted molar refractivity (Wildman–Crippen MR) is 55.7 cm³/mol. The summed E-state index contributed by atoms with van der Waals surface area (Å²) >= 11 is 9.47. The zero-order chi connectivity index (χ0) is 7.66. The van der Waals surface area contributed by atoms with Crippen molar-refractivity contribution < 1.29 is 0 Å². The zero-order valence-corrected chi connectivity index (χ0v) is 8.83. The summed E-state index contributed by atoms with van der Waals surface area (Å²) in [6.07, 6.45) is 4.66. The highest BCUT2D eigenvalue weighted by Gasteiger charge is 1.88. The molecule has 0 N–H and O–H groups in total. The van der Waals surface area contributed by atoms with Crippen LogP contribution in [0.5, 0.6) is 0 Å². The van der Waals surface area contributed by atoms with Crippen LogP contribution in [-0.4, -0.2) is 29.4 Å². The van der Waals surface area contributed by atoms with Crippen LogP contribution in [-0.2, 0) is 0 Å². The van der Waals surface area contributed by atoms with Crippen LogP contribution in [0.2, 0.25) is 0 Å². The molecule has 0 bridgehead atoms. The highest BCUT2D eigenvalue weighted by molar-refractivity contribution is 7.99. The largest absolute Gasteiger partial charge is 0.165 e. The quantitative estimate of drug-likeness (QED) is 0.456. The second kappa shape index (κ2) is 9.99. The first-order valence-corrected chi connectivity index (χ1v) is 6.62. The third-order valence-electron chi connectivity index (χ3n) is 1.06. The minimum Gasteiger partial charge on any atom is -0.165 e. The molecule has 0 atom stereocenters. The van der Waals surface area contributed by atoms with E-state index >= 15 is 0 Å². The average Bonchev–Trinajstić information content (AvgIpc) is 1.97. The topological polar surface area (TPSA) is 0 Å². The van der Waals surface area contributed by atoms with Crippen molar-refractivity contribution in [2.24, 2.45) is 0 Å². The molecule has 0 amide bonds. The smallest absolute Gasteiger partial charge is 0.0231 e. The second-order valence-electron chi connectivity index (χ2n) is 2.00. The van der Waals surface area contributed by atoms with Crippen molar-refractivity contribution in [2.45, 2.75) is 12.8 Å². The van der Waals surface area contributed by atoms with Gasteiger partial charge in [-0.15, -0.1) is 11.6 Å². The molecule has 0 aliphatic heterocycles. The van der Waals surface area contributed by atoms with Crippen LogP contribution in [0.3, 0.4) is 0 Å². The molecule has 10 heavy (non-hydrogen) atoms. The van der Waals surface area contributed by atoms with Crippen molar-refractivity contribution in [3.63, 3.8) is 0 Å². The molecule has 0 fully saturated rings. The van der Waals surface area contributed by atoms with Gasteiger partial charge >= 0.3 is 0 Å². The van der Waals surface area contributed by atoms with Gasteiger partial charge in [0, 0.05) is 5.88 Å². The van der Waals surface area contributed by atoms with Crippen LogP contribution in [0.1, 0.15) is 12.8 Å². The molecule has 0 aliphatic carbocycles. The number of hydrogen-bond donors (Lipinski definition) is 0. The van der Waals surface area contributed by atoms with Gasteiger partial charge in [0.2, 0.25) is 0 Å². The van der Waals surface area contributed by atoms with Gasteiger partial charge in [-0.05, 0) is 36.4 Å². The second-order valence-corrected chi connectivity index (χ2v) is 4.59. The summed E-state index contributed by atoms with van der Waals surface area (Å²) in [6.45, 7) is 0. The van der Waals surface area contributed by atoms with Crippen molar-refractivity contribution in [3.05, 3.63) is 0 Å². The van der Waals surface area contributed by atoms with E-state index in [1.165, 1.54) is 23.7 Å². The first-order valence-electron chi connectivity index (χ1n) is 3.54. The van der Waals surface area contributed by atoms with Crippen molar-refractivity contribution in [1.29, 1.82) is 0 Å². The van der Waals surface area contributed by atoms with E-state index in [1.807, 2.05) is 23.5 Å². The molecule has 0 aromatic carbocycles. The molecule has 0 unspecified atom stereocenters. The maximum atomic E-state index is 5.52. The Morgan fingerprint density at radius 1 is 1.10 bits per heavy atom. The summed E-state index contributed by atoms with van der Waals surface area (Å²) in [5, 5.41) is 0. The van der Waals surface area contributed by atoms with E-state index in [1.54, 1.807) is 0 Å². The maximum Gasteiger partial charge on any atom is 0.0231 e. The number of alkyl halides is 1. The number of thioether (sulfide) groups is 2. The molecular weight excluding hydrogens is 184 g/mol. The van der Waals surface area contributed by atoms with Crippen molar-refractivity contribution in [1.82, 2.24) is 0 Å². The summed E-state index contributed by atoms with van der Waals surface area (Å²) in [4.78, 5) is 0. The van der Waals surface area contributed by atoms with Gasteiger partial charge in [0.05, 0.1) is 0 Å².